The normalized spacial score (nSPS) is 12.6. The predicted octanol–water partition coefficient (Wildman–Crippen LogP) is 15.9. The number of nitrogens with zero attached hydrogens (tertiary/aromatic N) is 6. The summed E-state index contributed by atoms with van der Waals surface area (Å²) in [5.74, 6) is 1.47. The van der Waals surface area contributed by atoms with Crippen LogP contribution in [0.3, 0.4) is 0 Å². The number of furan rings is 1. The molecule has 0 saturated heterocycles. The summed E-state index contributed by atoms with van der Waals surface area (Å²) >= 11 is 0. The lowest BCUT2D eigenvalue weighted by molar-refractivity contribution is 0.587. The fourth-order valence-electron chi connectivity index (χ4n) is 11.8. The average molecular weight is 971 g/mol. The second-order valence-electron chi connectivity index (χ2n) is 22.2. The summed E-state index contributed by atoms with van der Waals surface area (Å²) in [4.78, 5) is 12.3. The van der Waals surface area contributed by atoms with Crippen molar-refractivity contribution in [3.63, 3.8) is 0 Å². The van der Waals surface area contributed by atoms with Crippen LogP contribution in [0.5, 0.6) is 0 Å². The molecule has 0 radical (unpaired) electrons. The van der Waals surface area contributed by atoms with Crippen LogP contribution in [0.4, 0.5) is 51.5 Å². The van der Waals surface area contributed by atoms with Crippen LogP contribution in [0.15, 0.2) is 229 Å². The Bertz CT molecular complexity index is 3880. The van der Waals surface area contributed by atoms with Crippen molar-refractivity contribution in [2.45, 2.75) is 52.4 Å². The molecular formula is C67H55BN6O. The van der Waals surface area contributed by atoms with Crippen molar-refractivity contribution >= 4 is 107 Å². The highest BCUT2D eigenvalue weighted by Gasteiger charge is 2.41. The molecule has 0 atom stereocenters. The van der Waals surface area contributed by atoms with Crippen LogP contribution in [-0.2, 0) is 10.8 Å². The standard InChI is InChI=1S/C67H55BN6O/c1-66(2,3)45-27-33-60-44(39-45)40-62(75-60)74(61-34-28-46(43-69-61)67(4,5)6)51-41-58-63-59(42-51)71-38-36-53-57(73(49-23-15-9-16-24-49)50-25-17-10-18-26-50)32-30-55(65(53)71)68(63)54-29-31-56(52-35-37-70(58)64(52)54)72(47-19-11-7-12-20-47)48-21-13-8-14-22-48/h7-43H,1-6H3. The average Bonchev–Trinajstić information content (AvgIpc) is 4.23. The molecule has 8 aromatic carbocycles. The van der Waals surface area contributed by atoms with Crippen LogP contribution in [0, 0.1) is 0 Å². The summed E-state index contributed by atoms with van der Waals surface area (Å²) < 4.78 is 11.8. The van der Waals surface area contributed by atoms with Gasteiger partial charge in [-0.3, -0.25) is 4.90 Å². The van der Waals surface area contributed by atoms with Crippen LogP contribution < -0.4 is 31.1 Å². The first-order valence-electron chi connectivity index (χ1n) is 26.1. The monoisotopic (exact) mass is 970 g/mol. The van der Waals surface area contributed by atoms with Crippen molar-refractivity contribution in [3.8, 4) is 11.4 Å². The van der Waals surface area contributed by atoms with E-state index in [4.69, 9.17) is 9.40 Å². The molecule has 362 valence electrons. The van der Waals surface area contributed by atoms with Crippen molar-refractivity contribution < 1.29 is 4.42 Å². The molecule has 8 heteroatoms. The first kappa shape index (κ1) is 44.7. The van der Waals surface area contributed by atoms with Crippen molar-refractivity contribution in [2.24, 2.45) is 0 Å². The van der Waals surface area contributed by atoms with Gasteiger partial charge in [0.25, 0.3) is 6.71 Å². The van der Waals surface area contributed by atoms with Gasteiger partial charge in [-0.25, -0.2) is 4.98 Å². The molecule has 0 unspecified atom stereocenters. The molecule has 0 spiro atoms. The van der Waals surface area contributed by atoms with E-state index in [2.05, 4.69) is 284 Å². The number of para-hydroxylation sites is 4. The molecule has 2 aliphatic rings. The number of rotatable bonds is 9. The lowest BCUT2D eigenvalue weighted by atomic mass is 9.34. The lowest BCUT2D eigenvalue weighted by Gasteiger charge is -2.36. The van der Waals surface area contributed by atoms with E-state index < -0.39 is 0 Å². The molecule has 12 aromatic rings. The molecule has 2 aliphatic heterocycles. The first-order chi connectivity index (χ1) is 36.5. The van der Waals surface area contributed by atoms with Crippen LogP contribution >= 0.6 is 0 Å². The molecule has 75 heavy (non-hydrogen) atoms. The second kappa shape index (κ2) is 16.8. The van der Waals surface area contributed by atoms with Gasteiger partial charge in [-0.05, 0) is 141 Å². The fourth-order valence-corrected chi connectivity index (χ4v) is 11.8. The Morgan fingerprint density at radius 2 is 0.907 bits per heavy atom. The van der Waals surface area contributed by atoms with Gasteiger partial charge in [0, 0.05) is 74.9 Å². The van der Waals surface area contributed by atoms with E-state index in [-0.39, 0.29) is 17.5 Å². The van der Waals surface area contributed by atoms with Gasteiger partial charge in [0.1, 0.15) is 11.4 Å². The van der Waals surface area contributed by atoms with E-state index in [9.17, 15) is 0 Å². The van der Waals surface area contributed by atoms with Crippen LogP contribution in [0.1, 0.15) is 52.7 Å². The summed E-state index contributed by atoms with van der Waals surface area (Å²) in [7, 11) is 0. The Hall–Kier alpha value is -9.01. The Morgan fingerprint density at radius 1 is 0.440 bits per heavy atom. The molecule has 0 N–H and O–H groups in total. The van der Waals surface area contributed by atoms with Gasteiger partial charge < -0.3 is 23.4 Å². The first-order valence-corrected chi connectivity index (χ1v) is 26.1. The fraction of sp³-hybridized carbons (Fsp3) is 0.119. The van der Waals surface area contributed by atoms with Gasteiger partial charge in [-0.15, -0.1) is 0 Å². The van der Waals surface area contributed by atoms with Gasteiger partial charge >= 0.3 is 0 Å². The largest absolute Gasteiger partial charge is 0.440 e. The molecule has 0 aliphatic carbocycles. The number of aromatic nitrogens is 3. The second-order valence-corrected chi connectivity index (χ2v) is 22.2. The highest BCUT2D eigenvalue weighted by atomic mass is 16.4. The third-order valence-electron chi connectivity index (χ3n) is 15.5. The summed E-state index contributed by atoms with van der Waals surface area (Å²) in [6.07, 6.45) is 6.58. The third-order valence-corrected chi connectivity index (χ3v) is 15.5. The zero-order valence-electron chi connectivity index (χ0n) is 43.0. The van der Waals surface area contributed by atoms with Gasteiger partial charge in [-0.2, -0.15) is 0 Å². The maximum absolute atomic E-state index is 6.97. The lowest BCUT2D eigenvalue weighted by Crippen LogP contribution is -2.59. The van der Waals surface area contributed by atoms with Crippen molar-refractivity contribution in [2.75, 3.05) is 14.7 Å². The van der Waals surface area contributed by atoms with E-state index in [1.54, 1.807) is 0 Å². The minimum Gasteiger partial charge on any atom is -0.440 e. The molecule has 0 amide bonds. The number of fused-ring (bicyclic) bond motifs is 5. The summed E-state index contributed by atoms with van der Waals surface area (Å²) in [6.45, 7) is 13.4. The van der Waals surface area contributed by atoms with Crippen LogP contribution in [0.25, 0.3) is 44.1 Å². The number of benzene rings is 8. The highest BCUT2D eigenvalue weighted by Crippen LogP contribution is 2.46. The molecule has 0 fully saturated rings. The maximum Gasteiger partial charge on any atom is 0.252 e. The van der Waals surface area contributed by atoms with E-state index in [0.29, 0.717) is 5.88 Å². The zero-order valence-corrected chi connectivity index (χ0v) is 43.0. The number of hydrogen-bond donors (Lipinski definition) is 0. The molecule has 0 bridgehead atoms. The van der Waals surface area contributed by atoms with Crippen LogP contribution in [-0.4, -0.2) is 20.8 Å². The van der Waals surface area contributed by atoms with E-state index in [0.717, 1.165) is 68.0 Å². The highest BCUT2D eigenvalue weighted by molar-refractivity contribution is 7.00. The molecule has 14 rings (SSSR count). The van der Waals surface area contributed by atoms with Gasteiger partial charge in [0.05, 0.1) is 28.1 Å². The Kier molecular flexibility index (Phi) is 9.99. The van der Waals surface area contributed by atoms with Crippen LogP contribution in [0.2, 0.25) is 0 Å². The van der Waals surface area contributed by atoms with Crippen molar-refractivity contribution in [1.29, 1.82) is 0 Å². The molecule has 7 nitrogen and oxygen atoms in total. The minimum absolute atomic E-state index is 0.0255. The SMILES string of the molecule is CC(C)(C)c1ccc(N(c2cc3c4c(c2)-n2ccc5c(N(c6ccccc6)c6ccccc6)ccc(c52)B4c2ccc(N(c4ccccc4)c4ccccc4)c4ccn-3c24)c2cc3cc(C(C)(C)C)ccc3o2)nc1. The zero-order chi connectivity index (χ0) is 50.7. The number of hydrogen-bond acceptors (Lipinski definition) is 5. The number of anilines is 9. The topological polar surface area (TPSA) is 45.6 Å². The number of pyridine rings is 1. The molecule has 6 heterocycles. The van der Waals surface area contributed by atoms with Gasteiger partial charge in [-0.1, -0.05) is 139 Å². The Balaban J connectivity index is 1.05. The Morgan fingerprint density at radius 3 is 1.35 bits per heavy atom. The summed E-state index contributed by atoms with van der Waals surface area (Å²) in [6, 6.07) is 74.9. The molecule has 0 saturated carbocycles. The molecular weight excluding hydrogens is 916 g/mol. The maximum atomic E-state index is 6.97. The van der Waals surface area contributed by atoms with E-state index in [1.165, 1.54) is 49.3 Å². The van der Waals surface area contributed by atoms with Gasteiger partial charge in [0.15, 0.2) is 0 Å². The summed E-state index contributed by atoms with van der Waals surface area (Å²) in [5.41, 5.74) is 19.2. The Labute approximate surface area is 438 Å². The third kappa shape index (κ3) is 7.15. The smallest absolute Gasteiger partial charge is 0.252 e. The van der Waals surface area contributed by atoms with Gasteiger partial charge in [0.2, 0.25) is 5.88 Å². The minimum atomic E-state index is -0.0783. The van der Waals surface area contributed by atoms with E-state index in [1.807, 2.05) is 6.20 Å². The van der Waals surface area contributed by atoms with Crippen molar-refractivity contribution in [3.05, 3.63) is 236 Å². The quantitative estimate of drug-likeness (QED) is 0.135. The predicted molar refractivity (Wildman–Crippen MR) is 314 cm³/mol. The van der Waals surface area contributed by atoms with Crippen molar-refractivity contribution in [1.82, 2.24) is 14.1 Å². The summed E-state index contributed by atoms with van der Waals surface area (Å²) in [5, 5.41) is 3.40. The molecule has 4 aromatic heterocycles. The van der Waals surface area contributed by atoms with E-state index >= 15 is 0 Å².